The molecule has 0 saturated carbocycles. The van der Waals surface area contributed by atoms with Crippen molar-refractivity contribution in [1.29, 1.82) is 5.26 Å². The summed E-state index contributed by atoms with van der Waals surface area (Å²) in [6.07, 6.45) is 0. The van der Waals surface area contributed by atoms with Crippen LogP contribution in [-0.2, 0) is 0 Å². The van der Waals surface area contributed by atoms with E-state index in [1.54, 1.807) is 12.1 Å². The van der Waals surface area contributed by atoms with Gasteiger partial charge in [0.05, 0.1) is 6.07 Å². The fraction of sp³-hybridized carbons (Fsp3) is 0.176. The molecule has 0 heterocycles. The summed E-state index contributed by atoms with van der Waals surface area (Å²) in [4.78, 5) is 12.5. The monoisotopic (exact) mass is 327 g/mol. The maximum absolute atomic E-state index is 12.5. The number of benzene rings is 2. The van der Waals surface area contributed by atoms with Gasteiger partial charge in [-0.05, 0) is 48.7 Å². The van der Waals surface area contributed by atoms with Crippen LogP contribution >= 0.6 is 15.9 Å². The Morgan fingerprint density at radius 2 is 1.90 bits per heavy atom. The van der Waals surface area contributed by atoms with Gasteiger partial charge in [0.2, 0.25) is 0 Å². The van der Waals surface area contributed by atoms with E-state index >= 15 is 0 Å². The molecule has 2 rings (SSSR count). The minimum Gasteiger partial charge on any atom is -0.292 e. The van der Waals surface area contributed by atoms with Gasteiger partial charge in [-0.15, -0.1) is 0 Å². The zero-order chi connectivity index (χ0) is 14.7. The summed E-state index contributed by atoms with van der Waals surface area (Å²) >= 11 is 3.37. The van der Waals surface area contributed by atoms with E-state index in [2.05, 4.69) is 22.0 Å². The lowest BCUT2D eigenvalue weighted by Crippen LogP contribution is -2.11. The molecule has 3 heteroatoms. The molecule has 2 aromatic rings. The van der Waals surface area contributed by atoms with Crippen LogP contribution in [0.1, 0.15) is 33.0 Å². The molecule has 100 valence electrons. The highest BCUT2D eigenvalue weighted by atomic mass is 79.9. The van der Waals surface area contributed by atoms with Crippen molar-refractivity contribution in [3.8, 4) is 6.07 Å². The number of carbonyl (C=O) groups is 1. The lowest BCUT2D eigenvalue weighted by Gasteiger charge is -2.10. The highest BCUT2D eigenvalue weighted by molar-refractivity contribution is 9.10. The normalized spacial score (nSPS) is 11.7. The minimum absolute atomic E-state index is 0.159. The standard InChI is InChI=1S/C17H14BrNO/c1-11-6-7-14(8-12(11)2)17(20)16(10-19)13-4-3-5-15(18)9-13/h3-9,16H,1-2H3. The minimum atomic E-state index is -0.769. The van der Waals surface area contributed by atoms with E-state index in [0.29, 0.717) is 11.1 Å². The van der Waals surface area contributed by atoms with E-state index in [-0.39, 0.29) is 5.78 Å². The third kappa shape index (κ3) is 2.97. The van der Waals surface area contributed by atoms with E-state index < -0.39 is 5.92 Å². The quantitative estimate of drug-likeness (QED) is 0.775. The number of rotatable bonds is 3. The van der Waals surface area contributed by atoms with Crippen molar-refractivity contribution in [2.75, 3.05) is 0 Å². The SMILES string of the molecule is Cc1ccc(C(=O)C(C#N)c2cccc(Br)c2)cc1C. The van der Waals surface area contributed by atoms with E-state index in [1.165, 1.54) is 0 Å². The highest BCUT2D eigenvalue weighted by Gasteiger charge is 2.22. The van der Waals surface area contributed by atoms with Gasteiger partial charge in [0.15, 0.2) is 5.78 Å². The molecule has 0 aliphatic heterocycles. The van der Waals surface area contributed by atoms with Crippen molar-refractivity contribution in [3.05, 3.63) is 69.2 Å². The predicted octanol–water partition coefficient (Wildman–Crippen LogP) is 4.56. The Morgan fingerprint density at radius 3 is 2.50 bits per heavy atom. The third-order valence-corrected chi connectivity index (χ3v) is 3.86. The van der Waals surface area contributed by atoms with Gasteiger partial charge in [-0.1, -0.05) is 40.2 Å². The van der Waals surface area contributed by atoms with Gasteiger partial charge in [0.1, 0.15) is 5.92 Å². The van der Waals surface area contributed by atoms with Crippen LogP contribution in [0.2, 0.25) is 0 Å². The Morgan fingerprint density at radius 1 is 1.15 bits per heavy atom. The smallest absolute Gasteiger partial charge is 0.184 e. The zero-order valence-corrected chi connectivity index (χ0v) is 12.9. The Kier molecular flexibility index (Phi) is 4.36. The Labute approximate surface area is 127 Å². The van der Waals surface area contributed by atoms with E-state index in [1.807, 2.05) is 44.2 Å². The van der Waals surface area contributed by atoms with Crippen molar-refractivity contribution in [2.24, 2.45) is 0 Å². The molecular formula is C17H14BrNO. The molecular weight excluding hydrogens is 314 g/mol. The summed E-state index contributed by atoms with van der Waals surface area (Å²) in [5.74, 6) is -0.927. The zero-order valence-electron chi connectivity index (χ0n) is 11.4. The van der Waals surface area contributed by atoms with Crippen molar-refractivity contribution in [1.82, 2.24) is 0 Å². The van der Waals surface area contributed by atoms with Gasteiger partial charge in [0.25, 0.3) is 0 Å². The molecule has 0 aromatic heterocycles. The predicted molar refractivity (Wildman–Crippen MR) is 82.7 cm³/mol. The third-order valence-electron chi connectivity index (χ3n) is 3.36. The first-order chi connectivity index (χ1) is 9.52. The number of aryl methyl sites for hydroxylation is 2. The average Bonchev–Trinajstić information content (AvgIpc) is 2.42. The fourth-order valence-electron chi connectivity index (χ4n) is 2.03. The number of Topliss-reactive ketones (excluding diaryl/α,β-unsaturated/α-hetero) is 1. The molecule has 0 spiro atoms. The molecule has 0 aliphatic carbocycles. The number of nitrogens with zero attached hydrogens (tertiary/aromatic N) is 1. The topological polar surface area (TPSA) is 40.9 Å². The lowest BCUT2D eigenvalue weighted by molar-refractivity contribution is 0.0979. The second-order valence-electron chi connectivity index (χ2n) is 4.78. The molecule has 0 amide bonds. The van der Waals surface area contributed by atoms with Crippen molar-refractivity contribution >= 4 is 21.7 Å². The van der Waals surface area contributed by atoms with Crippen LogP contribution in [-0.4, -0.2) is 5.78 Å². The summed E-state index contributed by atoms with van der Waals surface area (Å²) in [5, 5.41) is 9.34. The maximum atomic E-state index is 12.5. The summed E-state index contributed by atoms with van der Waals surface area (Å²) in [6, 6.07) is 15.0. The first kappa shape index (κ1) is 14.5. The molecule has 0 N–H and O–H groups in total. The highest BCUT2D eigenvalue weighted by Crippen LogP contribution is 2.24. The van der Waals surface area contributed by atoms with Crippen LogP contribution in [0.3, 0.4) is 0 Å². The van der Waals surface area contributed by atoms with E-state index in [9.17, 15) is 10.1 Å². The number of hydrogen-bond acceptors (Lipinski definition) is 2. The molecule has 2 nitrogen and oxygen atoms in total. The first-order valence-electron chi connectivity index (χ1n) is 6.29. The largest absolute Gasteiger partial charge is 0.292 e. The first-order valence-corrected chi connectivity index (χ1v) is 7.09. The molecule has 0 bridgehead atoms. The molecule has 0 fully saturated rings. The number of hydrogen-bond donors (Lipinski definition) is 0. The molecule has 20 heavy (non-hydrogen) atoms. The molecule has 2 aromatic carbocycles. The lowest BCUT2D eigenvalue weighted by atomic mass is 9.91. The van der Waals surface area contributed by atoms with Gasteiger partial charge < -0.3 is 0 Å². The fourth-order valence-corrected chi connectivity index (χ4v) is 2.45. The number of carbonyl (C=O) groups excluding carboxylic acids is 1. The molecule has 0 radical (unpaired) electrons. The summed E-state index contributed by atoms with van der Waals surface area (Å²) in [6.45, 7) is 3.96. The summed E-state index contributed by atoms with van der Waals surface area (Å²) in [7, 11) is 0. The van der Waals surface area contributed by atoms with Gasteiger partial charge in [-0.25, -0.2) is 0 Å². The Balaban J connectivity index is 2.39. The molecule has 1 atom stereocenters. The van der Waals surface area contributed by atoms with Gasteiger partial charge in [-0.2, -0.15) is 5.26 Å². The van der Waals surface area contributed by atoms with E-state index in [4.69, 9.17) is 0 Å². The Bertz CT molecular complexity index is 700. The second-order valence-corrected chi connectivity index (χ2v) is 5.70. The van der Waals surface area contributed by atoms with Crippen LogP contribution in [0, 0.1) is 25.2 Å². The van der Waals surface area contributed by atoms with Gasteiger partial charge in [0, 0.05) is 10.0 Å². The van der Waals surface area contributed by atoms with Gasteiger partial charge in [-0.3, -0.25) is 4.79 Å². The molecule has 1 unspecified atom stereocenters. The van der Waals surface area contributed by atoms with Crippen molar-refractivity contribution < 1.29 is 4.79 Å². The number of nitriles is 1. The second kappa shape index (κ2) is 6.02. The van der Waals surface area contributed by atoms with Crippen molar-refractivity contribution in [3.63, 3.8) is 0 Å². The number of ketones is 1. The van der Waals surface area contributed by atoms with E-state index in [0.717, 1.165) is 15.6 Å². The van der Waals surface area contributed by atoms with Crippen LogP contribution in [0.4, 0.5) is 0 Å². The van der Waals surface area contributed by atoms with Gasteiger partial charge >= 0.3 is 0 Å². The van der Waals surface area contributed by atoms with Crippen molar-refractivity contribution in [2.45, 2.75) is 19.8 Å². The van der Waals surface area contributed by atoms with Crippen LogP contribution in [0.5, 0.6) is 0 Å². The average molecular weight is 328 g/mol. The summed E-state index contributed by atoms with van der Waals surface area (Å²) < 4.78 is 0.864. The maximum Gasteiger partial charge on any atom is 0.184 e. The molecule has 0 aliphatic rings. The van der Waals surface area contributed by atoms with Crippen LogP contribution in [0.25, 0.3) is 0 Å². The van der Waals surface area contributed by atoms with Crippen LogP contribution < -0.4 is 0 Å². The Hall–Kier alpha value is -1.92. The number of halogens is 1. The van der Waals surface area contributed by atoms with Crippen LogP contribution in [0.15, 0.2) is 46.9 Å². The molecule has 0 saturated heterocycles. The summed E-state index contributed by atoms with van der Waals surface area (Å²) in [5.41, 5.74) is 3.49.